The van der Waals surface area contributed by atoms with Gasteiger partial charge in [-0.05, 0) is 22.8 Å². The minimum Gasteiger partial charge on any atom is -0.312 e. The predicted octanol–water partition coefficient (Wildman–Crippen LogP) is 5.43. The number of hydrogen-bond donors (Lipinski definition) is 0. The summed E-state index contributed by atoms with van der Waals surface area (Å²) in [4.78, 5) is 0. The Hall–Kier alpha value is -0.630. The van der Waals surface area contributed by atoms with Crippen molar-refractivity contribution >= 4 is 41.3 Å². The molecule has 0 amide bonds. The fourth-order valence-corrected chi connectivity index (χ4v) is 11.6. The lowest BCUT2D eigenvalue weighted by molar-refractivity contribution is 0.293. The van der Waals surface area contributed by atoms with Crippen molar-refractivity contribution in [2.75, 3.05) is 11.5 Å². The largest absolute Gasteiger partial charge is 0.312 e. The SMILES string of the molecule is CC(C)(C)C1CSC(P(=O)(c2ccccc2)c2ccccc2)SC1. The average Bonchev–Trinajstić information content (AvgIpc) is 2.62. The summed E-state index contributed by atoms with van der Waals surface area (Å²) >= 11 is 3.79. The standard InChI is InChI=1S/C20H25OPS2/c1-20(2,3)16-14-23-19(24-15-16)22(21,17-10-6-4-7-11-17)18-12-8-5-9-13-18/h4-13,16,19H,14-15H2,1-3H3. The molecule has 0 radical (unpaired) electrons. The molecule has 1 nitrogen and oxygen atoms in total. The topological polar surface area (TPSA) is 17.1 Å². The van der Waals surface area contributed by atoms with Crippen molar-refractivity contribution in [3.05, 3.63) is 60.7 Å². The average molecular weight is 377 g/mol. The second-order valence-corrected chi connectivity index (χ2v) is 13.5. The van der Waals surface area contributed by atoms with Crippen LogP contribution in [0.15, 0.2) is 60.7 Å². The first-order valence-electron chi connectivity index (χ1n) is 8.36. The minimum absolute atomic E-state index is 0.112. The molecule has 128 valence electrons. The molecule has 0 unspecified atom stereocenters. The maximum Gasteiger partial charge on any atom is 0.165 e. The molecular weight excluding hydrogens is 351 g/mol. The molecule has 1 saturated heterocycles. The molecule has 3 rings (SSSR count). The second-order valence-electron chi connectivity index (χ2n) is 7.37. The van der Waals surface area contributed by atoms with Crippen LogP contribution in [-0.2, 0) is 4.57 Å². The zero-order valence-electron chi connectivity index (χ0n) is 14.5. The molecule has 0 saturated carbocycles. The first kappa shape index (κ1) is 18.2. The van der Waals surface area contributed by atoms with E-state index in [1.807, 2.05) is 84.2 Å². The maximum absolute atomic E-state index is 14.3. The lowest BCUT2D eigenvalue weighted by Crippen LogP contribution is -2.32. The molecule has 1 fully saturated rings. The van der Waals surface area contributed by atoms with Crippen LogP contribution in [0.4, 0.5) is 0 Å². The van der Waals surface area contributed by atoms with E-state index < -0.39 is 7.14 Å². The van der Waals surface area contributed by atoms with Gasteiger partial charge in [-0.1, -0.05) is 81.4 Å². The van der Waals surface area contributed by atoms with Gasteiger partial charge in [0, 0.05) is 10.6 Å². The summed E-state index contributed by atoms with van der Waals surface area (Å²) in [6.07, 6.45) is 0. The molecule has 2 aromatic carbocycles. The van der Waals surface area contributed by atoms with Crippen LogP contribution in [0, 0.1) is 11.3 Å². The van der Waals surface area contributed by atoms with Gasteiger partial charge in [0.2, 0.25) is 0 Å². The molecule has 0 N–H and O–H groups in total. The van der Waals surface area contributed by atoms with Crippen molar-refractivity contribution in [2.24, 2.45) is 11.3 Å². The highest BCUT2D eigenvalue weighted by Gasteiger charge is 2.41. The molecule has 4 heteroatoms. The molecule has 2 aromatic rings. The highest BCUT2D eigenvalue weighted by Crippen LogP contribution is 2.60. The summed E-state index contributed by atoms with van der Waals surface area (Å²) in [7, 11) is -2.65. The molecule has 1 aliphatic rings. The van der Waals surface area contributed by atoms with E-state index in [0.29, 0.717) is 11.3 Å². The lowest BCUT2D eigenvalue weighted by atomic mass is 9.83. The Bertz CT molecular complexity index is 658. The maximum atomic E-state index is 14.3. The Morgan fingerprint density at radius 2 is 1.25 bits per heavy atom. The van der Waals surface area contributed by atoms with Crippen LogP contribution in [0.5, 0.6) is 0 Å². The van der Waals surface area contributed by atoms with E-state index >= 15 is 0 Å². The highest BCUT2D eigenvalue weighted by molar-refractivity contribution is 8.26. The summed E-state index contributed by atoms with van der Waals surface area (Å²) in [5, 5.41) is 1.96. The number of rotatable bonds is 3. The van der Waals surface area contributed by atoms with E-state index in [9.17, 15) is 4.57 Å². The second kappa shape index (κ2) is 7.32. The smallest absolute Gasteiger partial charge is 0.165 e. The third kappa shape index (κ3) is 3.64. The Morgan fingerprint density at radius 1 is 0.833 bits per heavy atom. The van der Waals surface area contributed by atoms with Crippen molar-refractivity contribution in [3.63, 3.8) is 0 Å². The van der Waals surface area contributed by atoms with E-state index in [1.54, 1.807) is 0 Å². The van der Waals surface area contributed by atoms with Gasteiger partial charge in [0.15, 0.2) is 7.14 Å². The molecule has 0 aromatic heterocycles. The molecule has 1 aliphatic heterocycles. The van der Waals surface area contributed by atoms with Gasteiger partial charge in [-0.3, -0.25) is 0 Å². The van der Waals surface area contributed by atoms with Gasteiger partial charge in [-0.2, -0.15) is 0 Å². The highest BCUT2D eigenvalue weighted by atomic mass is 32.2. The fraction of sp³-hybridized carbons (Fsp3) is 0.400. The summed E-state index contributed by atoms with van der Waals surface area (Å²) in [6.45, 7) is 6.94. The molecule has 0 atom stereocenters. The van der Waals surface area contributed by atoms with Crippen LogP contribution >= 0.6 is 30.7 Å². The Kier molecular flexibility index (Phi) is 5.54. The number of benzene rings is 2. The Morgan fingerprint density at radius 3 is 1.62 bits per heavy atom. The summed E-state index contributed by atoms with van der Waals surface area (Å²) < 4.78 is 14.4. The van der Waals surface area contributed by atoms with Gasteiger partial charge >= 0.3 is 0 Å². The monoisotopic (exact) mass is 376 g/mol. The van der Waals surface area contributed by atoms with Crippen molar-refractivity contribution < 1.29 is 4.57 Å². The summed E-state index contributed by atoms with van der Waals surface area (Å²) in [6, 6.07) is 20.1. The normalized spacial score (nSPS) is 22.3. The molecule has 0 aliphatic carbocycles. The number of thioether (sulfide) groups is 2. The zero-order chi connectivity index (χ0) is 17.2. The van der Waals surface area contributed by atoms with Gasteiger partial charge in [0.1, 0.15) is 4.32 Å². The van der Waals surface area contributed by atoms with Crippen LogP contribution in [0.1, 0.15) is 20.8 Å². The predicted molar refractivity (Wildman–Crippen MR) is 111 cm³/mol. The van der Waals surface area contributed by atoms with E-state index in [4.69, 9.17) is 0 Å². The first-order valence-corrected chi connectivity index (χ1v) is 12.2. The van der Waals surface area contributed by atoms with Gasteiger partial charge in [0.25, 0.3) is 0 Å². The molecule has 1 heterocycles. The van der Waals surface area contributed by atoms with Crippen molar-refractivity contribution in [1.29, 1.82) is 0 Å². The quantitative estimate of drug-likeness (QED) is 0.665. The molecule has 0 spiro atoms. The van der Waals surface area contributed by atoms with Crippen molar-refractivity contribution in [1.82, 2.24) is 0 Å². The van der Waals surface area contributed by atoms with Gasteiger partial charge in [-0.25, -0.2) is 0 Å². The molecule has 0 bridgehead atoms. The van der Waals surface area contributed by atoms with E-state index in [-0.39, 0.29) is 4.32 Å². The zero-order valence-corrected chi connectivity index (χ0v) is 17.0. The van der Waals surface area contributed by atoms with Gasteiger partial charge in [0.05, 0.1) is 0 Å². The Balaban J connectivity index is 1.95. The minimum atomic E-state index is -2.65. The number of hydrogen-bond acceptors (Lipinski definition) is 3. The van der Waals surface area contributed by atoms with Crippen molar-refractivity contribution in [3.8, 4) is 0 Å². The van der Waals surface area contributed by atoms with Crippen LogP contribution < -0.4 is 10.6 Å². The van der Waals surface area contributed by atoms with E-state index in [2.05, 4.69) is 20.8 Å². The van der Waals surface area contributed by atoms with E-state index in [0.717, 1.165) is 22.1 Å². The van der Waals surface area contributed by atoms with Gasteiger partial charge < -0.3 is 4.57 Å². The first-order chi connectivity index (χ1) is 11.4. The third-order valence-corrected chi connectivity index (χ3v) is 12.7. The fourth-order valence-electron chi connectivity index (χ4n) is 2.89. The Labute approximate surface area is 154 Å². The molecular formula is C20H25OPS2. The molecule has 24 heavy (non-hydrogen) atoms. The summed E-state index contributed by atoms with van der Waals surface area (Å²) in [5.41, 5.74) is 0.314. The van der Waals surface area contributed by atoms with Crippen molar-refractivity contribution in [2.45, 2.75) is 25.1 Å². The van der Waals surface area contributed by atoms with Gasteiger partial charge in [-0.15, -0.1) is 23.5 Å². The van der Waals surface area contributed by atoms with Crippen LogP contribution in [0.25, 0.3) is 0 Å². The van der Waals surface area contributed by atoms with Crippen LogP contribution in [0.2, 0.25) is 0 Å². The van der Waals surface area contributed by atoms with Crippen LogP contribution in [-0.4, -0.2) is 15.8 Å². The summed E-state index contributed by atoms with van der Waals surface area (Å²) in [5.74, 6) is 2.85. The van der Waals surface area contributed by atoms with Crippen LogP contribution in [0.3, 0.4) is 0 Å². The van der Waals surface area contributed by atoms with E-state index in [1.165, 1.54) is 0 Å². The third-order valence-electron chi connectivity index (χ3n) is 4.68. The lowest BCUT2D eigenvalue weighted by Gasteiger charge is -2.38.